The van der Waals surface area contributed by atoms with E-state index in [-0.39, 0.29) is 5.92 Å². The fourth-order valence-corrected chi connectivity index (χ4v) is 3.74. The van der Waals surface area contributed by atoms with Crippen molar-refractivity contribution in [2.75, 3.05) is 25.0 Å². The van der Waals surface area contributed by atoms with Gasteiger partial charge in [-0.05, 0) is 48.9 Å². The summed E-state index contributed by atoms with van der Waals surface area (Å²) in [5, 5.41) is 12.7. The molecule has 0 amide bonds. The number of nitrogens with one attached hydrogen (secondary N) is 1. The van der Waals surface area contributed by atoms with Gasteiger partial charge in [-0.2, -0.15) is 0 Å². The summed E-state index contributed by atoms with van der Waals surface area (Å²) in [4.78, 5) is 13.5. The van der Waals surface area contributed by atoms with E-state index < -0.39 is 5.97 Å². The molecule has 2 unspecified atom stereocenters. The van der Waals surface area contributed by atoms with Crippen molar-refractivity contribution in [2.24, 2.45) is 11.8 Å². The number of hydrogen-bond acceptors (Lipinski definition) is 3. The van der Waals surface area contributed by atoms with Crippen molar-refractivity contribution in [2.45, 2.75) is 32.2 Å². The van der Waals surface area contributed by atoms with E-state index in [9.17, 15) is 9.90 Å². The first kappa shape index (κ1) is 14.4. The lowest BCUT2D eigenvalue weighted by Crippen LogP contribution is -2.28. The third kappa shape index (κ3) is 3.05. The number of anilines is 1. The number of carboxylic acid groups (broad SMARTS) is 1. The maximum absolute atomic E-state index is 11.2. The number of aliphatic carboxylic acids is 1. The van der Waals surface area contributed by atoms with Crippen LogP contribution in [0.4, 0.5) is 5.69 Å². The molecule has 1 aromatic carbocycles. The summed E-state index contributed by atoms with van der Waals surface area (Å²) >= 11 is 0. The third-order valence-corrected chi connectivity index (χ3v) is 4.98. The second kappa shape index (κ2) is 6.06. The molecule has 2 atom stereocenters. The number of benzene rings is 1. The molecule has 1 saturated carbocycles. The zero-order valence-corrected chi connectivity index (χ0v) is 12.6. The monoisotopic (exact) mass is 288 g/mol. The molecule has 114 valence electrons. The van der Waals surface area contributed by atoms with Gasteiger partial charge in [0.05, 0.1) is 5.92 Å². The highest BCUT2D eigenvalue weighted by atomic mass is 16.4. The number of fused-ring (bicyclic) bond motifs is 1. The average Bonchev–Trinajstić information content (AvgIpc) is 3.06. The Labute approximate surface area is 126 Å². The average molecular weight is 288 g/mol. The molecule has 0 radical (unpaired) electrons. The summed E-state index contributed by atoms with van der Waals surface area (Å²) in [7, 11) is 2.13. The van der Waals surface area contributed by atoms with E-state index in [4.69, 9.17) is 0 Å². The van der Waals surface area contributed by atoms with Gasteiger partial charge in [-0.15, -0.1) is 0 Å². The van der Waals surface area contributed by atoms with Crippen LogP contribution in [0, 0.1) is 11.8 Å². The molecule has 1 fully saturated rings. The minimum atomic E-state index is -0.625. The van der Waals surface area contributed by atoms with Crippen LogP contribution in [-0.4, -0.2) is 31.2 Å². The first-order valence-electron chi connectivity index (χ1n) is 7.91. The second-order valence-corrected chi connectivity index (χ2v) is 6.40. The van der Waals surface area contributed by atoms with Gasteiger partial charge >= 0.3 is 5.97 Å². The molecule has 2 aliphatic rings. The van der Waals surface area contributed by atoms with Crippen molar-refractivity contribution in [3.8, 4) is 0 Å². The van der Waals surface area contributed by atoms with E-state index in [0.717, 1.165) is 45.3 Å². The van der Waals surface area contributed by atoms with Crippen LogP contribution in [0.5, 0.6) is 0 Å². The van der Waals surface area contributed by atoms with Crippen LogP contribution < -0.4 is 10.2 Å². The lowest BCUT2D eigenvalue weighted by atomic mass is 9.96. The van der Waals surface area contributed by atoms with Crippen LogP contribution in [0.1, 0.15) is 30.4 Å². The predicted octanol–water partition coefficient (Wildman–Crippen LogP) is 2.27. The number of nitrogens with zero attached hydrogens (tertiary/aromatic N) is 1. The topological polar surface area (TPSA) is 52.6 Å². The Balaban J connectivity index is 1.53. The Morgan fingerprint density at radius 1 is 1.43 bits per heavy atom. The smallest absolute Gasteiger partial charge is 0.306 e. The molecule has 0 spiro atoms. The molecule has 4 nitrogen and oxygen atoms in total. The van der Waals surface area contributed by atoms with Crippen molar-refractivity contribution < 1.29 is 9.90 Å². The molecular formula is C17H24N2O2. The van der Waals surface area contributed by atoms with Gasteiger partial charge in [0.1, 0.15) is 0 Å². The fourth-order valence-electron chi connectivity index (χ4n) is 3.74. The van der Waals surface area contributed by atoms with Crippen LogP contribution in [0.15, 0.2) is 18.2 Å². The van der Waals surface area contributed by atoms with Gasteiger partial charge in [-0.3, -0.25) is 4.79 Å². The molecule has 1 heterocycles. The Bertz CT molecular complexity index is 530. The van der Waals surface area contributed by atoms with Crippen LogP contribution in [-0.2, 0) is 17.8 Å². The van der Waals surface area contributed by atoms with Crippen molar-refractivity contribution in [3.63, 3.8) is 0 Å². The van der Waals surface area contributed by atoms with Gasteiger partial charge in [0.2, 0.25) is 0 Å². The highest BCUT2D eigenvalue weighted by molar-refractivity contribution is 5.70. The van der Waals surface area contributed by atoms with Crippen LogP contribution >= 0.6 is 0 Å². The summed E-state index contributed by atoms with van der Waals surface area (Å²) in [6, 6.07) is 6.67. The summed E-state index contributed by atoms with van der Waals surface area (Å²) < 4.78 is 0. The van der Waals surface area contributed by atoms with E-state index in [1.54, 1.807) is 0 Å². The van der Waals surface area contributed by atoms with Gasteiger partial charge in [-0.1, -0.05) is 18.6 Å². The standard InChI is InChI=1S/C17H24N2O2/c1-19-8-7-13-9-12(5-6-16(13)19)10-18-11-14-3-2-4-15(14)17(20)21/h5-6,9,14-15,18H,2-4,7-8,10-11H2,1H3,(H,20,21). The fraction of sp³-hybridized carbons (Fsp3) is 0.588. The third-order valence-electron chi connectivity index (χ3n) is 4.98. The molecule has 3 rings (SSSR count). The Hall–Kier alpha value is -1.55. The molecule has 2 N–H and O–H groups in total. The first-order valence-corrected chi connectivity index (χ1v) is 7.91. The normalized spacial score (nSPS) is 24.3. The quantitative estimate of drug-likeness (QED) is 0.872. The molecule has 0 saturated heterocycles. The number of rotatable bonds is 5. The second-order valence-electron chi connectivity index (χ2n) is 6.40. The molecular weight excluding hydrogens is 264 g/mol. The minimum absolute atomic E-state index is 0.147. The van der Waals surface area contributed by atoms with Gasteiger partial charge in [0.25, 0.3) is 0 Å². The summed E-state index contributed by atoms with van der Waals surface area (Å²) in [5.74, 6) is -0.478. The van der Waals surface area contributed by atoms with Gasteiger partial charge in [-0.25, -0.2) is 0 Å². The largest absolute Gasteiger partial charge is 0.481 e. The van der Waals surface area contributed by atoms with E-state index in [0.29, 0.717) is 5.92 Å². The molecule has 1 aliphatic carbocycles. The summed E-state index contributed by atoms with van der Waals surface area (Å²) in [6.07, 6.45) is 4.06. The summed E-state index contributed by atoms with van der Waals surface area (Å²) in [5.41, 5.74) is 4.08. The summed E-state index contributed by atoms with van der Waals surface area (Å²) in [6.45, 7) is 2.75. The zero-order chi connectivity index (χ0) is 14.8. The van der Waals surface area contributed by atoms with Gasteiger partial charge in [0, 0.05) is 25.8 Å². The van der Waals surface area contributed by atoms with E-state index in [1.165, 1.54) is 16.8 Å². The van der Waals surface area contributed by atoms with Crippen molar-refractivity contribution in [3.05, 3.63) is 29.3 Å². The van der Waals surface area contributed by atoms with Crippen molar-refractivity contribution in [1.29, 1.82) is 0 Å². The van der Waals surface area contributed by atoms with Gasteiger partial charge < -0.3 is 15.3 Å². The Morgan fingerprint density at radius 3 is 3.10 bits per heavy atom. The van der Waals surface area contributed by atoms with Gasteiger partial charge in [0.15, 0.2) is 0 Å². The molecule has 0 aromatic heterocycles. The molecule has 0 bridgehead atoms. The SMILES string of the molecule is CN1CCc2cc(CNCC3CCCC3C(=O)O)ccc21. The highest BCUT2D eigenvalue weighted by Crippen LogP contribution is 2.31. The highest BCUT2D eigenvalue weighted by Gasteiger charge is 2.32. The number of hydrogen-bond donors (Lipinski definition) is 2. The molecule has 1 aromatic rings. The minimum Gasteiger partial charge on any atom is -0.481 e. The molecule has 4 heteroatoms. The van der Waals surface area contributed by atoms with Crippen molar-refractivity contribution >= 4 is 11.7 Å². The predicted molar refractivity (Wildman–Crippen MR) is 83.6 cm³/mol. The number of likely N-dealkylation sites (N-methyl/N-ethyl adjacent to an activating group) is 1. The lowest BCUT2D eigenvalue weighted by Gasteiger charge is -2.17. The van der Waals surface area contributed by atoms with Crippen LogP contribution in [0.2, 0.25) is 0 Å². The van der Waals surface area contributed by atoms with E-state index in [2.05, 4.69) is 35.5 Å². The van der Waals surface area contributed by atoms with Crippen LogP contribution in [0.3, 0.4) is 0 Å². The van der Waals surface area contributed by atoms with E-state index >= 15 is 0 Å². The van der Waals surface area contributed by atoms with Crippen LogP contribution in [0.25, 0.3) is 0 Å². The lowest BCUT2D eigenvalue weighted by molar-refractivity contribution is -0.142. The number of carbonyl (C=O) groups is 1. The zero-order valence-electron chi connectivity index (χ0n) is 12.6. The van der Waals surface area contributed by atoms with E-state index in [1.807, 2.05) is 0 Å². The first-order chi connectivity index (χ1) is 10.1. The molecule has 1 aliphatic heterocycles. The molecule has 21 heavy (non-hydrogen) atoms. The Kier molecular flexibility index (Phi) is 4.15. The van der Waals surface area contributed by atoms with Crippen molar-refractivity contribution in [1.82, 2.24) is 5.32 Å². The number of carboxylic acids is 1. The maximum atomic E-state index is 11.2. The Morgan fingerprint density at radius 2 is 2.29 bits per heavy atom. The maximum Gasteiger partial charge on any atom is 0.306 e.